The van der Waals surface area contributed by atoms with E-state index in [1.165, 1.54) is 11.0 Å². The largest absolute Gasteiger partial charge is 0.486 e. The third-order valence-electron chi connectivity index (χ3n) is 4.07. The van der Waals surface area contributed by atoms with Crippen LogP contribution in [0.25, 0.3) is 0 Å². The molecular weight excluding hydrogens is 390 g/mol. The summed E-state index contributed by atoms with van der Waals surface area (Å²) >= 11 is 6.15. The number of benzene rings is 2. The summed E-state index contributed by atoms with van der Waals surface area (Å²) in [5.74, 6) is -0.479. The molecule has 1 heterocycles. The summed E-state index contributed by atoms with van der Waals surface area (Å²) in [5, 5.41) is 0.296. The molecule has 0 fully saturated rings. The second-order valence-electron chi connectivity index (χ2n) is 6.37. The molecule has 1 aliphatic rings. The zero-order chi connectivity index (χ0) is 19.4. The van der Waals surface area contributed by atoms with Gasteiger partial charge >= 0.3 is 0 Å². The van der Waals surface area contributed by atoms with E-state index in [4.69, 9.17) is 21.1 Å². The molecule has 2 aromatic carbocycles. The SMILES string of the molecule is CN(Cc1ccccc1)C(=O)CS(=O)(=O)Cc1cc(Cl)c2c(c1)OCCO2. The Labute approximate surface area is 163 Å². The van der Waals surface area contributed by atoms with Gasteiger partial charge in [-0.3, -0.25) is 4.79 Å². The zero-order valence-electron chi connectivity index (χ0n) is 14.9. The van der Waals surface area contributed by atoms with Gasteiger partial charge in [-0.15, -0.1) is 0 Å². The van der Waals surface area contributed by atoms with Crippen molar-refractivity contribution in [3.63, 3.8) is 0 Å². The molecule has 0 bridgehead atoms. The molecule has 0 aliphatic carbocycles. The highest BCUT2D eigenvalue weighted by atomic mass is 35.5. The maximum Gasteiger partial charge on any atom is 0.237 e. The van der Waals surface area contributed by atoms with E-state index in [0.29, 0.717) is 41.8 Å². The van der Waals surface area contributed by atoms with E-state index in [1.54, 1.807) is 13.1 Å². The van der Waals surface area contributed by atoms with Crippen molar-refractivity contribution in [3.8, 4) is 11.5 Å². The zero-order valence-corrected chi connectivity index (χ0v) is 16.4. The number of fused-ring (bicyclic) bond motifs is 1. The van der Waals surface area contributed by atoms with Crippen LogP contribution in [-0.4, -0.2) is 45.2 Å². The second-order valence-corrected chi connectivity index (χ2v) is 8.84. The van der Waals surface area contributed by atoms with Crippen molar-refractivity contribution in [2.24, 2.45) is 0 Å². The number of carbonyl (C=O) groups is 1. The Morgan fingerprint density at radius 1 is 1.11 bits per heavy atom. The summed E-state index contributed by atoms with van der Waals surface area (Å²) in [5.41, 5.74) is 1.40. The number of sulfone groups is 1. The lowest BCUT2D eigenvalue weighted by molar-refractivity contribution is -0.127. The Balaban J connectivity index is 1.66. The van der Waals surface area contributed by atoms with Gasteiger partial charge in [0.2, 0.25) is 5.91 Å². The monoisotopic (exact) mass is 409 g/mol. The lowest BCUT2D eigenvalue weighted by Gasteiger charge is -2.20. The first kappa shape index (κ1) is 19.5. The summed E-state index contributed by atoms with van der Waals surface area (Å²) in [6.07, 6.45) is 0. The van der Waals surface area contributed by atoms with Crippen LogP contribution in [0.4, 0.5) is 0 Å². The highest BCUT2D eigenvalue weighted by Gasteiger charge is 2.23. The van der Waals surface area contributed by atoms with Crippen LogP contribution >= 0.6 is 11.6 Å². The first-order valence-electron chi connectivity index (χ1n) is 8.40. The number of nitrogens with zero attached hydrogens (tertiary/aromatic N) is 1. The van der Waals surface area contributed by atoms with E-state index in [9.17, 15) is 13.2 Å². The fourth-order valence-electron chi connectivity index (χ4n) is 2.80. The summed E-state index contributed by atoms with van der Waals surface area (Å²) < 4.78 is 35.9. The first-order valence-corrected chi connectivity index (χ1v) is 10.6. The Kier molecular flexibility index (Phi) is 5.92. The van der Waals surface area contributed by atoms with E-state index in [2.05, 4.69) is 0 Å². The van der Waals surface area contributed by atoms with Crippen molar-refractivity contribution < 1.29 is 22.7 Å². The molecule has 144 valence electrons. The molecule has 8 heteroatoms. The van der Waals surface area contributed by atoms with Crippen LogP contribution in [0.1, 0.15) is 11.1 Å². The van der Waals surface area contributed by atoms with Crippen LogP contribution < -0.4 is 9.47 Å². The molecule has 3 rings (SSSR count). The quantitative estimate of drug-likeness (QED) is 0.733. The van der Waals surface area contributed by atoms with Crippen LogP contribution in [0, 0.1) is 0 Å². The topological polar surface area (TPSA) is 72.9 Å². The number of rotatable bonds is 6. The van der Waals surface area contributed by atoms with Crippen LogP contribution in [0.3, 0.4) is 0 Å². The Morgan fingerprint density at radius 3 is 2.56 bits per heavy atom. The van der Waals surface area contributed by atoms with Gasteiger partial charge in [0, 0.05) is 13.6 Å². The minimum atomic E-state index is -3.66. The first-order chi connectivity index (χ1) is 12.8. The van der Waals surface area contributed by atoms with Gasteiger partial charge in [0.25, 0.3) is 0 Å². The molecule has 1 aliphatic heterocycles. The van der Waals surface area contributed by atoms with Crippen LogP contribution in [-0.2, 0) is 26.9 Å². The van der Waals surface area contributed by atoms with Gasteiger partial charge in [-0.2, -0.15) is 0 Å². The third-order valence-corrected chi connectivity index (χ3v) is 5.82. The predicted molar refractivity (Wildman–Crippen MR) is 103 cm³/mol. The number of halogens is 1. The summed E-state index contributed by atoms with van der Waals surface area (Å²) in [4.78, 5) is 13.7. The summed E-state index contributed by atoms with van der Waals surface area (Å²) in [6, 6.07) is 12.5. The van der Waals surface area contributed by atoms with Gasteiger partial charge in [0.05, 0.1) is 10.8 Å². The van der Waals surface area contributed by atoms with Gasteiger partial charge in [0.15, 0.2) is 21.3 Å². The molecule has 0 radical (unpaired) electrons. The van der Waals surface area contributed by atoms with E-state index >= 15 is 0 Å². The smallest absolute Gasteiger partial charge is 0.237 e. The van der Waals surface area contributed by atoms with Crippen molar-refractivity contribution in [3.05, 3.63) is 58.6 Å². The second kappa shape index (κ2) is 8.19. The maximum absolute atomic E-state index is 12.5. The molecular formula is C19H20ClNO5S. The lowest BCUT2D eigenvalue weighted by atomic mass is 10.2. The van der Waals surface area contributed by atoms with Gasteiger partial charge in [-0.05, 0) is 23.3 Å². The summed E-state index contributed by atoms with van der Waals surface area (Å²) in [6.45, 7) is 1.12. The molecule has 1 amide bonds. The van der Waals surface area contributed by atoms with Crippen LogP contribution in [0.2, 0.25) is 5.02 Å². The maximum atomic E-state index is 12.5. The predicted octanol–water partition coefficient (Wildman–Crippen LogP) is 2.68. The van der Waals surface area contributed by atoms with Crippen molar-refractivity contribution in [2.45, 2.75) is 12.3 Å². The number of ether oxygens (including phenoxy) is 2. The molecule has 0 atom stereocenters. The molecule has 6 nitrogen and oxygen atoms in total. The average Bonchev–Trinajstić information content (AvgIpc) is 2.61. The van der Waals surface area contributed by atoms with E-state index in [1.807, 2.05) is 30.3 Å². The van der Waals surface area contributed by atoms with Crippen molar-refractivity contribution in [1.82, 2.24) is 4.90 Å². The van der Waals surface area contributed by atoms with Crippen molar-refractivity contribution in [2.75, 3.05) is 26.0 Å². The third kappa shape index (κ3) is 5.14. The average molecular weight is 410 g/mol. The van der Waals surface area contributed by atoms with Gasteiger partial charge in [-0.25, -0.2) is 8.42 Å². The number of amides is 1. The number of carbonyl (C=O) groups excluding carboxylic acids is 1. The van der Waals surface area contributed by atoms with Crippen LogP contribution in [0.15, 0.2) is 42.5 Å². The molecule has 0 N–H and O–H groups in total. The van der Waals surface area contributed by atoms with Crippen molar-refractivity contribution in [1.29, 1.82) is 0 Å². The standard InChI is InChI=1S/C19H20ClNO5S/c1-21(11-14-5-3-2-4-6-14)18(22)13-27(23,24)12-15-9-16(20)19-17(10-15)25-7-8-26-19/h2-6,9-10H,7-8,11-13H2,1H3. The molecule has 2 aromatic rings. The highest BCUT2D eigenvalue weighted by molar-refractivity contribution is 7.91. The number of hydrogen-bond donors (Lipinski definition) is 0. The molecule has 0 unspecified atom stereocenters. The van der Waals surface area contributed by atoms with Crippen molar-refractivity contribution >= 4 is 27.3 Å². The number of hydrogen-bond acceptors (Lipinski definition) is 5. The lowest BCUT2D eigenvalue weighted by Crippen LogP contribution is -2.32. The van der Waals surface area contributed by atoms with Crippen LogP contribution in [0.5, 0.6) is 11.5 Å². The van der Waals surface area contributed by atoms with Gasteiger partial charge in [-0.1, -0.05) is 41.9 Å². The fourth-order valence-corrected chi connectivity index (χ4v) is 4.46. The fraction of sp³-hybridized carbons (Fsp3) is 0.316. The van der Waals surface area contributed by atoms with Gasteiger partial charge in [0.1, 0.15) is 19.0 Å². The molecule has 0 saturated carbocycles. The van der Waals surface area contributed by atoms with E-state index in [-0.39, 0.29) is 5.75 Å². The Morgan fingerprint density at radius 2 is 1.81 bits per heavy atom. The summed E-state index contributed by atoms with van der Waals surface area (Å²) in [7, 11) is -2.07. The molecule has 0 saturated heterocycles. The Hall–Kier alpha value is -2.25. The van der Waals surface area contributed by atoms with E-state index in [0.717, 1.165) is 5.56 Å². The molecule has 0 spiro atoms. The van der Waals surface area contributed by atoms with E-state index < -0.39 is 21.5 Å². The molecule has 27 heavy (non-hydrogen) atoms. The Bertz CT molecular complexity index is 931. The van der Waals surface area contributed by atoms with Gasteiger partial charge < -0.3 is 14.4 Å². The normalized spacial score (nSPS) is 13.3. The molecule has 0 aromatic heterocycles. The minimum absolute atomic E-state index is 0.296. The minimum Gasteiger partial charge on any atom is -0.486 e. The highest BCUT2D eigenvalue weighted by Crippen LogP contribution is 2.38.